The van der Waals surface area contributed by atoms with Crippen LogP contribution in [0.25, 0.3) is 0 Å². The van der Waals surface area contributed by atoms with Gasteiger partial charge in [0.05, 0.1) is 7.11 Å². The molecular weight excluding hydrogens is 434 g/mol. The van der Waals surface area contributed by atoms with Gasteiger partial charge < -0.3 is 32.2 Å². The van der Waals surface area contributed by atoms with Crippen molar-refractivity contribution < 1.29 is 24.2 Å². The first-order valence-electron chi connectivity index (χ1n) is 10.3. The molecule has 1 rings (SSSR count). The lowest BCUT2D eigenvalue weighted by Gasteiger charge is -2.23. The Labute approximate surface area is 191 Å². The quantitative estimate of drug-likeness (QED) is 0.0856. The summed E-state index contributed by atoms with van der Waals surface area (Å²) < 4.78 is 5.07. The third-order valence-electron chi connectivity index (χ3n) is 4.51. The molecule has 0 saturated carbocycles. The van der Waals surface area contributed by atoms with Crippen molar-refractivity contribution in [3.63, 3.8) is 0 Å². The average molecular weight is 466 g/mol. The summed E-state index contributed by atoms with van der Waals surface area (Å²) in [7, 11) is 1.50. The van der Waals surface area contributed by atoms with Crippen molar-refractivity contribution in [3.8, 4) is 5.75 Å². The maximum atomic E-state index is 12.9. The van der Waals surface area contributed by atoms with Crippen molar-refractivity contribution >= 4 is 23.7 Å². The fourth-order valence-electron chi connectivity index (χ4n) is 2.89. The van der Waals surface area contributed by atoms with Crippen molar-refractivity contribution in [2.45, 2.75) is 45.2 Å². The van der Waals surface area contributed by atoms with Gasteiger partial charge in [0.2, 0.25) is 11.8 Å². The van der Waals surface area contributed by atoms with E-state index in [1.54, 1.807) is 24.3 Å². The van der Waals surface area contributed by atoms with Crippen molar-refractivity contribution in [1.29, 1.82) is 0 Å². The van der Waals surface area contributed by atoms with Crippen LogP contribution in [0.15, 0.2) is 29.4 Å². The van der Waals surface area contributed by atoms with Gasteiger partial charge in [-0.2, -0.15) is 0 Å². The molecular formula is C20H31N7O6. The number of nitrogens with two attached hydrogens (primary N) is 2. The predicted molar refractivity (Wildman–Crippen MR) is 121 cm³/mol. The minimum absolute atomic E-state index is 0.100. The van der Waals surface area contributed by atoms with E-state index in [2.05, 4.69) is 21.1 Å². The van der Waals surface area contributed by atoms with Crippen LogP contribution in [0.1, 0.15) is 43.5 Å². The van der Waals surface area contributed by atoms with Gasteiger partial charge in [0.15, 0.2) is 5.03 Å². The highest BCUT2D eigenvalue weighted by atomic mass is 16.7. The Hall–Kier alpha value is -3.90. The number of amides is 3. The Balaban J connectivity index is 2.89. The fourth-order valence-corrected chi connectivity index (χ4v) is 2.89. The Kier molecular flexibility index (Phi) is 11.1. The molecule has 0 heterocycles. The van der Waals surface area contributed by atoms with Crippen LogP contribution >= 0.6 is 0 Å². The molecule has 1 aromatic carbocycles. The van der Waals surface area contributed by atoms with Crippen molar-refractivity contribution in [2.75, 3.05) is 13.7 Å². The van der Waals surface area contributed by atoms with Crippen molar-refractivity contribution in [3.05, 3.63) is 39.9 Å². The number of hydrazone groups is 1. The van der Waals surface area contributed by atoms with E-state index in [0.717, 1.165) is 0 Å². The SMILES string of the molecule is COc1ccc(C(=O)N[C@@H](CCCN/C(N)=N/[N+](=O)[O-])C(=O)N[C@@H](CC(C)C)C(N)=O)cc1. The molecule has 0 aliphatic rings. The Morgan fingerprint density at radius 1 is 1.12 bits per heavy atom. The number of benzene rings is 1. The van der Waals surface area contributed by atoms with Crippen LogP contribution in [0.4, 0.5) is 0 Å². The number of rotatable bonds is 13. The van der Waals surface area contributed by atoms with Crippen LogP contribution in [0.5, 0.6) is 5.75 Å². The number of nitro groups is 1. The zero-order valence-corrected chi connectivity index (χ0v) is 18.9. The number of carbonyl (C=O) groups excluding carboxylic acids is 3. The van der Waals surface area contributed by atoms with Crippen LogP contribution in [0.3, 0.4) is 0 Å². The zero-order valence-electron chi connectivity index (χ0n) is 18.9. The van der Waals surface area contributed by atoms with Gasteiger partial charge in [-0.3, -0.25) is 14.4 Å². The van der Waals surface area contributed by atoms with E-state index in [0.29, 0.717) is 24.2 Å². The molecule has 2 atom stereocenters. The second-order valence-electron chi connectivity index (χ2n) is 7.64. The molecule has 0 unspecified atom stereocenters. The number of nitrogens with zero attached hydrogens (tertiary/aromatic N) is 2. The van der Waals surface area contributed by atoms with Gasteiger partial charge in [-0.05, 0) is 49.4 Å². The maximum Gasteiger partial charge on any atom is 0.266 e. The van der Waals surface area contributed by atoms with E-state index in [1.807, 2.05) is 13.8 Å². The van der Waals surface area contributed by atoms with Gasteiger partial charge in [0, 0.05) is 12.1 Å². The smallest absolute Gasteiger partial charge is 0.266 e. The number of hydrogen-bond donors (Lipinski definition) is 5. The highest BCUT2D eigenvalue weighted by molar-refractivity contribution is 5.98. The van der Waals surface area contributed by atoms with E-state index in [4.69, 9.17) is 16.2 Å². The third-order valence-corrected chi connectivity index (χ3v) is 4.51. The number of guanidine groups is 1. The van der Waals surface area contributed by atoms with E-state index < -0.39 is 34.8 Å². The van der Waals surface area contributed by atoms with Crippen LogP contribution in [0.2, 0.25) is 0 Å². The van der Waals surface area contributed by atoms with E-state index >= 15 is 0 Å². The minimum atomic E-state index is -0.996. The summed E-state index contributed by atoms with van der Waals surface area (Å²) in [5.74, 6) is -1.47. The van der Waals surface area contributed by atoms with Gasteiger partial charge in [-0.25, -0.2) is 10.1 Å². The highest BCUT2D eigenvalue weighted by Gasteiger charge is 2.26. The van der Waals surface area contributed by atoms with Gasteiger partial charge in [0.1, 0.15) is 22.9 Å². The summed E-state index contributed by atoms with van der Waals surface area (Å²) >= 11 is 0. The highest BCUT2D eigenvalue weighted by Crippen LogP contribution is 2.12. The second-order valence-corrected chi connectivity index (χ2v) is 7.64. The zero-order chi connectivity index (χ0) is 25.0. The molecule has 0 aromatic heterocycles. The molecule has 0 bridgehead atoms. The molecule has 0 aliphatic heterocycles. The topological polar surface area (TPSA) is 204 Å². The standard InChI is InChI=1S/C20H31N7O6/c1-12(2)11-16(17(21)28)25-19(30)15(5-4-10-23-20(22)26-27(31)32)24-18(29)13-6-8-14(33-3)9-7-13/h6-9,12,15-16H,4-5,10-11H2,1-3H3,(H2,21,28)(H,24,29)(H,25,30)(H3,22,23,26)/t15-,16-/m0/s1. The maximum absolute atomic E-state index is 12.9. The van der Waals surface area contributed by atoms with Crippen LogP contribution in [-0.2, 0) is 9.59 Å². The summed E-state index contributed by atoms with van der Waals surface area (Å²) in [6, 6.07) is 4.42. The largest absolute Gasteiger partial charge is 0.497 e. The molecule has 182 valence electrons. The van der Waals surface area contributed by atoms with E-state index in [9.17, 15) is 24.5 Å². The Bertz CT molecular complexity index is 857. The number of methoxy groups -OCH3 is 1. The molecule has 3 amide bonds. The number of nitrogens with one attached hydrogen (secondary N) is 3. The minimum Gasteiger partial charge on any atom is -0.497 e. The Morgan fingerprint density at radius 3 is 2.27 bits per heavy atom. The first-order valence-corrected chi connectivity index (χ1v) is 10.3. The summed E-state index contributed by atoms with van der Waals surface area (Å²) in [6.45, 7) is 3.93. The summed E-state index contributed by atoms with van der Waals surface area (Å²) in [5.41, 5.74) is 11.1. The molecule has 0 fully saturated rings. The van der Waals surface area contributed by atoms with Crippen molar-refractivity contribution in [1.82, 2.24) is 16.0 Å². The number of hydrogen-bond acceptors (Lipinski definition) is 6. The summed E-state index contributed by atoms with van der Waals surface area (Å²) in [6.07, 6.45) is 0.801. The lowest BCUT2D eigenvalue weighted by atomic mass is 10.0. The Morgan fingerprint density at radius 2 is 1.76 bits per heavy atom. The second kappa shape index (κ2) is 13.5. The third kappa shape index (κ3) is 10.3. The lowest BCUT2D eigenvalue weighted by molar-refractivity contribution is -0.485. The number of ether oxygens (including phenoxy) is 1. The first kappa shape index (κ1) is 27.1. The number of primary amides is 1. The van der Waals surface area contributed by atoms with Crippen LogP contribution in [0, 0.1) is 16.0 Å². The van der Waals surface area contributed by atoms with E-state index in [-0.39, 0.29) is 24.8 Å². The van der Waals surface area contributed by atoms with Crippen molar-refractivity contribution in [2.24, 2.45) is 22.5 Å². The normalized spacial score (nSPS) is 13.0. The summed E-state index contributed by atoms with van der Waals surface area (Å²) in [5, 5.41) is 20.1. The molecule has 7 N–H and O–H groups in total. The predicted octanol–water partition coefficient (Wildman–Crippen LogP) is -0.314. The molecule has 0 aliphatic carbocycles. The molecule has 33 heavy (non-hydrogen) atoms. The fraction of sp³-hybridized carbons (Fsp3) is 0.500. The monoisotopic (exact) mass is 465 g/mol. The van der Waals surface area contributed by atoms with Crippen LogP contribution in [-0.4, -0.2) is 54.5 Å². The van der Waals surface area contributed by atoms with E-state index in [1.165, 1.54) is 7.11 Å². The molecule has 0 saturated heterocycles. The molecule has 13 heteroatoms. The average Bonchev–Trinajstić information content (AvgIpc) is 2.74. The lowest BCUT2D eigenvalue weighted by Crippen LogP contribution is -2.53. The molecule has 0 radical (unpaired) electrons. The van der Waals surface area contributed by atoms with Gasteiger partial charge in [0.25, 0.3) is 11.9 Å². The molecule has 13 nitrogen and oxygen atoms in total. The van der Waals surface area contributed by atoms with Crippen LogP contribution < -0.4 is 32.2 Å². The first-order chi connectivity index (χ1) is 15.5. The number of carbonyl (C=O) groups is 3. The molecule has 0 spiro atoms. The van der Waals surface area contributed by atoms with Gasteiger partial charge in [-0.15, -0.1) is 0 Å². The van der Waals surface area contributed by atoms with Gasteiger partial charge >= 0.3 is 0 Å². The van der Waals surface area contributed by atoms with Gasteiger partial charge in [-0.1, -0.05) is 13.8 Å². The summed E-state index contributed by atoms with van der Waals surface area (Å²) in [4.78, 5) is 47.6. The molecule has 1 aromatic rings.